The van der Waals surface area contributed by atoms with Gasteiger partial charge in [-0.2, -0.15) is 0 Å². The van der Waals surface area contributed by atoms with Crippen LogP contribution in [0.2, 0.25) is 10.0 Å². The van der Waals surface area contributed by atoms with E-state index in [1.54, 1.807) is 12.1 Å². The van der Waals surface area contributed by atoms with Gasteiger partial charge in [0.25, 0.3) is 0 Å². The molecule has 0 aliphatic heterocycles. The number of benzene rings is 1. The van der Waals surface area contributed by atoms with Crippen molar-refractivity contribution in [3.05, 3.63) is 62.4 Å². The van der Waals surface area contributed by atoms with E-state index in [2.05, 4.69) is 15.9 Å². The van der Waals surface area contributed by atoms with E-state index in [1.165, 1.54) is 30.4 Å². The minimum atomic E-state index is -0.661. The number of hydrogen-bond acceptors (Lipinski definition) is 4. The van der Waals surface area contributed by atoms with Crippen LogP contribution >= 0.6 is 39.1 Å². The van der Waals surface area contributed by atoms with Gasteiger partial charge in [0, 0.05) is 16.7 Å². The number of Topliss-reactive ketones (excluding diaryl/α,β-unsaturated/α-hetero) is 1. The van der Waals surface area contributed by atoms with Crippen molar-refractivity contribution in [2.45, 2.75) is 0 Å². The van der Waals surface area contributed by atoms with Gasteiger partial charge in [-0.25, -0.2) is 4.79 Å². The Labute approximate surface area is 144 Å². The van der Waals surface area contributed by atoms with Gasteiger partial charge < -0.3 is 9.15 Å². The highest BCUT2D eigenvalue weighted by atomic mass is 79.9. The number of ketones is 1. The van der Waals surface area contributed by atoms with E-state index in [0.29, 0.717) is 15.5 Å². The normalized spacial score (nSPS) is 10.9. The zero-order valence-electron chi connectivity index (χ0n) is 11.0. The van der Waals surface area contributed by atoms with Crippen molar-refractivity contribution in [2.75, 3.05) is 6.61 Å². The Morgan fingerprint density at radius 3 is 2.64 bits per heavy atom. The van der Waals surface area contributed by atoms with E-state index in [4.69, 9.17) is 32.4 Å². The van der Waals surface area contributed by atoms with Crippen LogP contribution in [0.15, 0.2) is 45.5 Å². The third kappa shape index (κ3) is 4.73. The zero-order valence-corrected chi connectivity index (χ0v) is 14.1. The van der Waals surface area contributed by atoms with Gasteiger partial charge in [0.05, 0.1) is 5.02 Å². The van der Waals surface area contributed by atoms with Crippen LogP contribution in [0, 0.1) is 0 Å². The first-order valence-corrected chi connectivity index (χ1v) is 7.59. The molecule has 0 bridgehead atoms. The second-order valence-electron chi connectivity index (χ2n) is 4.13. The van der Waals surface area contributed by atoms with E-state index in [-0.39, 0.29) is 10.6 Å². The summed E-state index contributed by atoms with van der Waals surface area (Å²) in [4.78, 5) is 23.4. The average molecular weight is 404 g/mol. The summed E-state index contributed by atoms with van der Waals surface area (Å²) >= 11 is 14.8. The molecule has 22 heavy (non-hydrogen) atoms. The molecule has 0 N–H and O–H groups in total. The van der Waals surface area contributed by atoms with E-state index in [0.717, 1.165) is 0 Å². The summed E-state index contributed by atoms with van der Waals surface area (Å²) in [6.45, 7) is -0.410. The first kappa shape index (κ1) is 16.8. The molecule has 1 aromatic heterocycles. The average Bonchev–Trinajstić information content (AvgIpc) is 2.88. The van der Waals surface area contributed by atoms with E-state index >= 15 is 0 Å². The minimum Gasteiger partial charge on any atom is -0.454 e. The summed E-state index contributed by atoms with van der Waals surface area (Å²) in [5.74, 6) is -0.592. The van der Waals surface area contributed by atoms with Crippen LogP contribution in [-0.2, 0) is 9.53 Å². The summed E-state index contributed by atoms with van der Waals surface area (Å²) in [6.07, 6.45) is 2.61. The molecular formula is C15H9BrCl2O4. The standard InChI is InChI=1S/C15H9BrCl2O4/c16-14-5-2-10(22-14)3-6-15(20)21-8-13(19)11-4-1-9(17)7-12(11)18/h1-7H,8H2. The Kier molecular flexibility index (Phi) is 5.83. The van der Waals surface area contributed by atoms with E-state index < -0.39 is 18.4 Å². The summed E-state index contributed by atoms with van der Waals surface area (Å²) in [7, 11) is 0. The molecule has 4 nitrogen and oxygen atoms in total. The first-order valence-electron chi connectivity index (χ1n) is 6.04. The summed E-state index contributed by atoms with van der Waals surface area (Å²) in [6, 6.07) is 7.84. The predicted octanol–water partition coefficient (Wildman–Crippen LogP) is 4.79. The molecule has 0 aliphatic carbocycles. The van der Waals surface area contributed by atoms with Crippen LogP contribution in [0.3, 0.4) is 0 Å². The Balaban J connectivity index is 1.90. The number of hydrogen-bond donors (Lipinski definition) is 0. The van der Waals surface area contributed by atoms with Gasteiger partial charge in [0.15, 0.2) is 11.3 Å². The van der Waals surface area contributed by atoms with Crippen molar-refractivity contribution in [3.8, 4) is 0 Å². The fourth-order valence-electron chi connectivity index (χ4n) is 1.55. The van der Waals surface area contributed by atoms with Crippen molar-refractivity contribution in [2.24, 2.45) is 0 Å². The molecule has 0 amide bonds. The lowest BCUT2D eigenvalue weighted by atomic mass is 10.1. The molecule has 1 heterocycles. The van der Waals surface area contributed by atoms with Crippen LogP contribution < -0.4 is 0 Å². The molecule has 0 spiro atoms. The Morgan fingerprint density at radius 2 is 2.00 bits per heavy atom. The molecule has 0 atom stereocenters. The summed E-state index contributed by atoms with van der Waals surface area (Å²) in [5, 5.41) is 0.635. The van der Waals surface area contributed by atoms with Crippen LogP contribution in [0.25, 0.3) is 6.08 Å². The van der Waals surface area contributed by atoms with Crippen molar-refractivity contribution in [1.82, 2.24) is 0 Å². The van der Waals surface area contributed by atoms with Crippen LogP contribution in [0.5, 0.6) is 0 Å². The molecule has 0 saturated carbocycles. The molecule has 0 saturated heterocycles. The minimum absolute atomic E-state index is 0.213. The Morgan fingerprint density at radius 1 is 1.23 bits per heavy atom. The molecular weight excluding hydrogens is 395 g/mol. The monoisotopic (exact) mass is 402 g/mol. The SMILES string of the molecule is O=C(C=Cc1ccc(Br)o1)OCC(=O)c1ccc(Cl)cc1Cl. The van der Waals surface area contributed by atoms with Crippen LogP contribution in [0.4, 0.5) is 0 Å². The van der Waals surface area contributed by atoms with Crippen LogP contribution in [0.1, 0.15) is 16.1 Å². The summed E-state index contributed by atoms with van der Waals surface area (Å²) < 4.78 is 10.6. The molecule has 0 fully saturated rings. The largest absolute Gasteiger partial charge is 0.454 e. The third-order valence-electron chi connectivity index (χ3n) is 2.55. The predicted molar refractivity (Wildman–Crippen MR) is 87.2 cm³/mol. The van der Waals surface area contributed by atoms with Gasteiger partial charge in [-0.1, -0.05) is 23.2 Å². The molecule has 0 unspecified atom stereocenters. The lowest BCUT2D eigenvalue weighted by Gasteiger charge is -2.04. The number of halogens is 3. The van der Waals surface area contributed by atoms with Gasteiger partial charge in [-0.15, -0.1) is 0 Å². The maximum atomic E-state index is 11.9. The van der Waals surface area contributed by atoms with Gasteiger partial charge in [-0.05, 0) is 52.3 Å². The van der Waals surface area contributed by atoms with Gasteiger partial charge in [0.1, 0.15) is 5.76 Å². The number of carbonyl (C=O) groups is 2. The first-order chi connectivity index (χ1) is 10.5. The second kappa shape index (κ2) is 7.63. The number of furan rings is 1. The highest BCUT2D eigenvalue weighted by molar-refractivity contribution is 9.10. The smallest absolute Gasteiger partial charge is 0.331 e. The van der Waals surface area contributed by atoms with Gasteiger partial charge in [-0.3, -0.25) is 4.79 Å². The van der Waals surface area contributed by atoms with Gasteiger partial charge >= 0.3 is 5.97 Å². The highest BCUT2D eigenvalue weighted by Crippen LogP contribution is 2.21. The fourth-order valence-corrected chi connectivity index (χ4v) is 2.38. The van der Waals surface area contributed by atoms with E-state index in [1.807, 2.05) is 0 Å². The second-order valence-corrected chi connectivity index (χ2v) is 5.76. The fraction of sp³-hybridized carbons (Fsp3) is 0.0667. The third-order valence-corrected chi connectivity index (χ3v) is 3.53. The van der Waals surface area contributed by atoms with E-state index in [9.17, 15) is 9.59 Å². The van der Waals surface area contributed by atoms with Gasteiger partial charge in [0.2, 0.25) is 5.78 Å². The maximum Gasteiger partial charge on any atom is 0.331 e. The number of rotatable bonds is 5. The molecule has 114 valence electrons. The quantitative estimate of drug-likeness (QED) is 0.409. The van der Waals surface area contributed by atoms with Crippen molar-refractivity contribution >= 4 is 57.0 Å². The molecule has 2 aromatic rings. The number of carbonyl (C=O) groups excluding carboxylic acids is 2. The number of ether oxygens (including phenoxy) is 1. The highest BCUT2D eigenvalue weighted by Gasteiger charge is 2.12. The number of esters is 1. The lowest BCUT2D eigenvalue weighted by molar-refractivity contribution is -0.136. The lowest BCUT2D eigenvalue weighted by Crippen LogP contribution is -2.12. The van der Waals surface area contributed by atoms with Crippen molar-refractivity contribution < 1.29 is 18.7 Å². The Hall–Kier alpha value is -1.56. The molecule has 1 aromatic carbocycles. The maximum absolute atomic E-state index is 11.9. The molecule has 2 rings (SSSR count). The van der Waals surface area contributed by atoms with Crippen LogP contribution in [-0.4, -0.2) is 18.4 Å². The zero-order chi connectivity index (χ0) is 16.1. The van der Waals surface area contributed by atoms with Crippen molar-refractivity contribution in [1.29, 1.82) is 0 Å². The van der Waals surface area contributed by atoms with Crippen molar-refractivity contribution in [3.63, 3.8) is 0 Å². The topological polar surface area (TPSA) is 56.5 Å². The molecule has 0 aliphatic rings. The molecule has 7 heteroatoms. The molecule has 0 radical (unpaired) electrons. The Bertz CT molecular complexity index is 737. The summed E-state index contributed by atoms with van der Waals surface area (Å²) in [5.41, 5.74) is 0.248.